The molecule has 0 bridgehead atoms. The molecule has 0 aliphatic rings. The smallest absolute Gasteiger partial charge is 0.268 e. The summed E-state index contributed by atoms with van der Waals surface area (Å²) in [6, 6.07) is 9.03. The second-order valence-corrected chi connectivity index (χ2v) is 6.44. The molecule has 3 rings (SSSR count). The first kappa shape index (κ1) is 16.3. The molecule has 0 spiro atoms. The number of nitrogens with zero attached hydrogens (tertiary/aromatic N) is 2. The normalized spacial score (nSPS) is 11.0. The van der Waals surface area contributed by atoms with Crippen molar-refractivity contribution < 1.29 is 9.90 Å². The van der Waals surface area contributed by atoms with Crippen molar-refractivity contribution in [3.63, 3.8) is 0 Å². The van der Waals surface area contributed by atoms with Crippen LogP contribution in [0.15, 0.2) is 40.5 Å². The van der Waals surface area contributed by atoms with Crippen LogP contribution < -0.4 is 10.5 Å². The van der Waals surface area contributed by atoms with Gasteiger partial charge >= 0.3 is 0 Å². The van der Waals surface area contributed by atoms with Crippen molar-refractivity contribution >= 4 is 33.1 Å². The number of anilines is 1. The lowest BCUT2D eigenvalue weighted by Crippen LogP contribution is -2.33. The Bertz CT molecular complexity index is 973. The van der Waals surface area contributed by atoms with Crippen LogP contribution in [0.1, 0.15) is 22.8 Å². The minimum atomic E-state index is -0.519. The first-order valence-electron chi connectivity index (χ1n) is 7.62. The van der Waals surface area contributed by atoms with Gasteiger partial charge in [0.1, 0.15) is 16.1 Å². The molecule has 3 aromatic rings. The highest BCUT2D eigenvalue weighted by Crippen LogP contribution is 2.34. The van der Waals surface area contributed by atoms with Crippen LogP contribution >= 0.6 is 11.3 Å². The van der Waals surface area contributed by atoms with Crippen LogP contribution in [0.25, 0.3) is 10.2 Å². The molecule has 0 aliphatic heterocycles. The third-order valence-corrected chi connectivity index (χ3v) is 5.29. The van der Waals surface area contributed by atoms with Crippen molar-refractivity contribution in [3.8, 4) is 5.75 Å². The molecule has 1 aromatic carbocycles. The lowest BCUT2D eigenvalue weighted by atomic mass is 10.1. The Morgan fingerprint density at radius 3 is 2.58 bits per heavy atom. The molecule has 6 heteroatoms. The average Bonchev–Trinajstić information content (AvgIpc) is 3.04. The molecule has 1 N–H and O–H groups in total. The standard InChI is InChI=1S/C18H18N2O3S/c1-4-11-10-24-18-13(11)15(21)14(17(23)20(18)3)16(22)19(2)12-8-6-5-7-9-12/h5-10,21H,4H2,1-3H3. The van der Waals surface area contributed by atoms with Crippen molar-refractivity contribution in [1.82, 2.24) is 4.57 Å². The van der Waals surface area contributed by atoms with E-state index in [1.807, 2.05) is 30.5 Å². The SMILES string of the molecule is CCc1csc2c1c(O)c(C(=O)N(C)c1ccccc1)c(=O)n2C. The minimum absolute atomic E-state index is 0.190. The molecule has 24 heavy (non-hydrogen) atoms. The van der Waals surface area contributed by atoms with E-state index in [9.17, 15) is 14.7 Å². The maximum atomic E-state index is 12.9. The van der Waals surface area contributed by atoms with E-state index in [4.69, 9.17) is 0 Å². The second kappa shape index (κ2) is 6.13. The van der Waals surface area contributed by atoms with Gasteiger partial charge in [-0.05, 0) is 29.5 Å². The third-order valence-electron chi connectivity index (χ3n) is 4.19. The van der Waals surface area contributed by atoms with Crippen molar-refractivity contribution in [3.05, 3.63) is 57.2 Å². The lowest BCUT2D eigenvalue weighted by Gasteiger charge is -2.18. The molecule has 0 saturated heterocycles. The predicted molar refractivity (Wildman–Crippen MR) is 97.3 cm³/mol. The fourth-order valence-electron chi connectivity index (χ4n) is 2.76. The molecule has 5 nitrogen and oxygen atoms in total. The van der Waals surface area contributed by atoms with Crippen molar-refractivity contribution in [2.45, 2.75) is 13.3 Å². The van der Waals surface area contributed by atoms with Gasteiger partial charge in [-0.2, -0.15) is 0 Å². The Labute approximate surface area is 143 Å². The summed E-state index contributed by atoms with van der Waals surface area (Å²) in [5, 5.41) is 13.2. The number of aromatic nitrogens is 1. The van der Waals surface area contributed by atoms with E-state index in [-0.39, 0.29) is 11.3 Å². The van der Waals surface area contributed by atoms with Gasteiger partial charge in [0.05, 0.1) is 5.39 Å². The van der Waals surface area contributed by atoms with Gasteiger partial charge in [0.2, 0.25) is 0 Å². The highest BCUT2D eigenvalue weighted by Gasteiger charge is 2.26. The Morgan fingerprint density at radius 2 is 1.96 bits per heavy atom. The van der Waals surface area contributed by atoms with E-state index in [1.54, 1.807) is 26.2 Å². The van der Waals surface area contributed by atoms with Crippen molar-refractivity contribution in [1.29, 1.82) is 0 Å². The van der Waals surface area contributed by atoms with E-state index in [0.29, 0.717) is 22.3 Å². The first-order valence-corrected chi connectivity index (χ1v) is 8.50. The summed E-state index contributed by atoms with van der Waals surface area (Å²) in [6.45, 7) is 1.98. The number of amides is 1. The zero-order valence-electron chi connectivity index (χ0n) is 13.7. The molecule has 0 saturated carbocycles. The minimum Gasteiger partial charge on any atom is -0.506 e. The number of carbonyl (C=O) groups excluding carboxylic acids is 1. The van der Waals surface area contributed by atoms with Gasteiger partial charge in [-0.25, -0.2) is 0 Å². The average molecular weight is 342 g/mol. The van der Waals surface area contributed by atoms with Crippen LogP contribution in [0.3, 0.4) is 0 Å². The zero-order valence-corrected chi connectivity index (χ0v) is 14.6. The molecule has 0 radical (unpaired) electrons. The van der Waals surface area contributed by atoms with Gasteiger partial charge in [0.15, 0.2) is 0 Å². The summed E-state index contributed by atoms with van der Waals surface area (Å²) in [7, 11) is 3.22. The van der Waals surface area contributed by atoms with Crippen LogP contribution in [-0.4, -0.2) is 22.6 Å². The maximum Gasteiger partial charge on any atom is 0.268 e. The Balaban J connectivity index is 2.22. The molecule has 2 heterocycles. The molecule has 1 amide bonds. The molecule has 0 aliphatic carbocycles. The highest BCUT2D eigenvalue weighted by molar-refractivity contribution is 7.17. The summed E-state index contributed by atoms with van der Waals surface area (Å²) < 4.78 is 1.44. The van der Waals surface area contributed by atoms with E-state index >= 15 is 0 Å². The van der Waals surface area contributed by atoms with Gasteiger partial charge in [-0.3, -0.25) is 9.59 Å². The molecule has 0 atom stereocenters. The molecular formula is C18H18N2O3S. The molecule has 0 unspecified atom stereocenters. The third kappa shape index (κ3) is 2.39. The largest absolute Gasteiger partial charge is 0.506 e. The number of benzene rings is 1. The number of aromatic hydroxyl groups is 1. The van der Waals surface area contributed by atoms with E-state index in [2.05, 4.69) is 0 Å². The van der Waals surface area contributed by atoms with E-state index in [0.717, 1.165) is 5.56 Å². The predicted octanol–water partition coefficient (Wildman–Crippen LogP) is 3.14. The molecule has 0 fully saturated rings. The number of hydrogen-bond donors (Lipinski definition) is 1. The van der Waals surface area contributed by atoms with E-state index < -0.39 is 11.5 Å². The summed E-state index contributed by atoms with van der Waals surface area (Å²) in [5.41, 5.74) is 0.909. The summed E-state index contributed by atoms with van der Waals surface area (Å²) >= 11 is 1.40. The van der Waals surface area contributed by atoms with Gasteiger partial charge in [-0.15, -0.1) is 11.3 Å². The number of pyridine rings is 1. The van der Waals surface area contributed by atoms with Crippen LogP contribution in [0.2, 0.25) is 0 Å². The van der Waals surface area contributed by atoms with Crippen LogP contribution in [0.4, 0.5) is 5.69 Å². The van der Waals surface area contributed by atoms with Gasteiger partial charge in [-0.1, -0.05) is 25.1 Å². The fraction of sp³-hybridized carbons (Fsp3) is 0.222. The quantitative estimate of drug-likeness (QED) is 0.795. The lowest BCUT2D eigenvalue weighted by molar-refractivity contribution is 0.0988. The molecule has 2 aromatic heterocycles. The van der Waals surface area contributed by atoms with Crippen LogP contribution in [0, 0.1) is 0 Å². The number of hydrogen-bond acceptors (Lipinski definition) is 4. The Hall–Kier alpha value is -2.60. The maximum absolute atomic E-state index is 12.9. The monoisotopic (exact) mass is 342 g/mol. The Morgan fingerprint density at radius 1 is 1.29 bits per heavy atom. The molecule has 124 valence electrons. The fourth-order valence-corrected chi connectivity index (χ4v) is 3.88. The first-order chi connectivity index (χ1) is 11.5. The second-order valence-electron chi connectivity index (χ2n) is 5.58. The van der Waals surface area contributed by atoms with Gasteiger partial charge in [0, 0.05) is 19.8 Å². The van der Waals surface area contributed by atoms with Gasteiger partial charge < -0.3 is 14.6 Å². The number of fused-ring (bicyclic) bond motifs is 1. The summed E-state index contributed by atoms with van der Waals surface area (Å²) in [4.78, 5) is 27.6. The topological polar surface area (TPSA) is 62.5 Å². The van der Waals surface area contributed by atoms with Gasteiger partial charge in [0.25, 0.3) is 11.5 Å². The van der Waals surface area contributed by atoms with Crippen LogP contribution in [-0.2, 0) is 13.5 Å². The number of rotatable bonds is 3. The molecular weight excluding hydrogens is 324 g/mol. The summed E-state index contributed by atoms with van der Waals surface area (Å²) in [6.07, 6.45) is 0.716. The zero-order chi connectivity index (χ0) is 17.4. The summed E-state index contributed by atoms with van der Waals surface area (Å²) in [5.74, 6) is -0.742. The number of thiophene rings is 1. The van der Waals surface area contributed by atoms with Crippen molar-refractivity contribution in [2.24, 2.45) is 7.05 Å². The highest BCUT2D eigenvalue weighted by atomic mass is 32.1. The van der Waals surface area contributed by atoms with E-state index in [1.165, 1.54) is 20.8 Å². The number of carbonyl (C=O) groups is 1. The van der Waals surface area contributed by atoms with Crippen LogP contribution in [0.5, 0.6) is 5.75 Å². The Kier molecular flexibility index (Phi) is 4.15. The number of para-hydroxylation sites is 1. The number of aryl methyl sites for hydroxylation is 2. The van der Waals surface area contributed by atoms with Crippen molar-refractivity contribution in [2.75, 3.05) is 11.9 Å².